The van der Waals surface area contributed by atoms with E-state index in [4.69, 9.17) is 11.6 Å². The summed E-state index contributed by atoms with van der Waals surface area (Å²) in [5, 5.41) is 4.32. The Hall–Kier alpha value is -0.210. The molecule has 2 aliphatic carbocycles. The zero-order valence-corrected chi connectivity index (χ0v) is 12.1. The Morgan fingerprint density at radius 3 is 2.82 bits per heavy atom. The van der Waals surface area contributed by atoms with Crippen molar-refractivity contribution in [2.45, 2.75) is 25.7 Å². The summed E-state index contributed by atoms with van der Waals surface area (Å²) in [6, 6.07) is 6.04. The number of nitrogens with one attached hydrogen (secondary N) is 1. The first-order valence-electron chi connectivity index (χ1n) is 6.41. The molecule has 0 amide bonds. The van der Waals surface area contributed by atoms with Crippen LogP contribution >= 0.6 is 27.5 Å². The van der Waals surface area contributed by atoms with Gasteiger partial charge >= 0.3 is 0 Å². The van der Waals surface area contributed by atoms with Gasteiger partial charge in [-0.25, -0.2) is 0 Å². The molecule has 1 aromatic rings. The highest BCUT2D eigenvalue weighted by atomic mass is 79.9. The standard InChI is InChI=1S/C14H17BrClN/c15-12-3-4-14(13(16)7-12)17-8-11-6-9-1-2-10(11)5-9/h3-4,7,9-11,17H,1-2,5-6,8H2. The van der Waals surface area contributed by atoms with Gasteiger partial charge in [0.1, 0.15) is 0 Å². The van der Waals surface area contributed by atoms with Gasteiger partial charge in [-0.3, -0.25) is 0 Å². The quantitative estimate of drug-likeness (QED) is 0.832. The van der Waals surface area contributed by atoms with Crippen molar-refractivity contribution in [3.05, 3.63) is 27.7 Å². The average Bonchev–Trinajstić information content (AvgIpc) is 2.89. The van der Waals surface area contributed by atoms with E-state index in [0.29, 0.717) is 0 Å². The molecule has 3 unspecified atom stereocenters. The molecule has 2 saturated carbocycles. The van der Waals surface area contributed by atoms with Crippen LogP contribution in [0, 0.1) is 17.8 Å². The lowest BCUT2D eigenvalue weighted by Crippen LogP contribution is -2.20. The molecule has 0 aromatic heterocycles. The van der Waals surface area contributed by atoms with Crippen LogP contribution in [0.5, 0.6) is 0 Å². The Kier molecular flexibility index (Phi) is 3.36. The van der Waals surface area contributed by atoms with Crippen molar-refractivity contribution >= 4 is 33.2 Å². The number of rotatable bonds is 3. The molecular weight excluding hydrogens is 298 g/mol. The molecule has 3 rings (SSSR count). The number of anilines is 1. The minimum Gasteiger partial charge on any atom is -0.384 e. The summed E-state index contributed by atoms with van der Waals surface area (Å²) < 4.78 is 1.04. The first-order valence-corrected chi connectivity index (χ1v) is 7.58. The van der Waals surface area contributed by atoms with Crippen LogP contribution in [0.3, 0.4) is 0 Å². The fourth-order valence-corrected chi connectivity index (χ4v) is 4.24. The average molecular weight is 315 g/mol. The fourth-order valence-electron chi connectivity index (χ4n) is 3.50. The largest absolute Gasteiger partial charge is 0.384 e. The maximum absolute atomic E-state index is 6.20. The van der Waals surface area contributed by atoms with Gasteiger partial charge in [-0.1, -0.05) is 34.0 Å². The van der Waals surface area contributed by atoms with Crippen molar-refractivity contribution in [2.24, 2.45) is 17.8 Å². The molecule has 2 bridgehead atoms. The van der Waals surface area contributed by atoms with Crippen molar-refractivity contribution in [3.63, 3.8) is 0 Å². The minimum atomic E-state index is 0.808. The number of hydrogen-bond acceptors (Lipinski definition) is 1. The summed E-state index contributed by atoms with van der Waals surface area (Å²) in [5.74, 6) is 2.86. The molecule has 0 heterocycles. The molecule has 2 fully saturated rings. The lowest BCUT2D eigenvalue weighted by atomic mass is 9.89. The van der Waals surface area contributed by atoms with Crippen molar-refractivity contribution in [1.29, 1.82) is 0 Å². The zero-order valence-electron chi connectivity index (χ0n) is 9.76. The Bertz CT molecular complexity index is 421. The fraction of sp³-hybridized carbons (Fsp3) is 0.571. The summed E-state index contributed by atoms with van der Waals surface area (Å²) in [6.45, 7) is 1.09. The molecule has 0 spiro atoms. The summed E-state index contributed by atoms with van der Waals surface area (Å²) in [6.07, 6.45) is 5.82. The second kappa shape index (κ2) is 4.81. The van der Waals surface area contributed by atoms with Crippen LogP contribution in [-0.4, -0.2) is 6.54 Å². The number of benzene rings is 1. The molecule has 1 nitrogen and oxygen atoms in total. The second-order valence-corrected chi connectivity index (χ2v) is 6.76. The van der Waals surface area contributed by atoms with Gasteiger partial charge in [0, 0.05) is 11.0 Å². The van der Waals surface area contributed by atoms with Crippen LogP contribution in [0.15, 0.2) is 22.7 Å². The van der Waals surface area contributed by atoms with E-state index >= 15 is 0 Å². The first kappa shape index (κ1) is 11.9. The maximum Gasteiger partial charge on any atom is 0.0648 e. The van der Waals surface area contributed by atoms with Crippen molar-refractivity contribution < 1.29 is 0 Å². The maximum atomic E-state index is 6.20. The number of halogens is 2. The molecule has 0 saturated heterocycles. The molecule has 3 atom stereocenters. The van der Waals surface area contributed by atoms with Crippen molar-refractivity contribution in [2.75, 3.05) is 11.9 Å². The predicted molar refractivity (Wildman–Crippen MR) is 76.6 cm³/mol. The molecule has 3 heteroatoms. The lowest BCUT2D eigenvalue weighted by Gasteiger charge is -2.22. The number of hydrogen-bond donors (Lipinski definition) is 1. The van der Waals surface area contributed by atoms with Crippen LogP contribution in [0.1, 0.15) is 25.7 Å². The Morgan fingerprint density at radius 2 is 2.18 bits per heavy atom. The van der Waals surface area contributed by atoms with Crippen molar-refractivity contribution in [3.8, 4) is 0 Å². The predicted octanol–water partition coefficient (Wildman–Crippen LogP) is 4.95. The molecular formula is C14H17BrClN. The molecule has 2 aliphatic rings. The molecule has 0 aliphatic heterocycles. The van der Waals surface area contributed by atoms with Crippen LogP contribution in [0.2, 0.25) is 5.02 Å². The summed E-state index contributed by atoms with van der Waals surface area (Å²) in [4.78, 5) is 0. The smallest absolute Gasteiger partial charge is 0.0648 e. The van der Waals surface area contributed by atoms with E-state index < -0.39 is 0 Å². The van der Waals surface area contributed by atoms with Gasteiger partial charge in [-0.2, -0.15) is 0 Å². The summed E-state index contributed by atoms with van der Waals surface area (Å²) in [5.41, 5.74) is 1.07. The van der Waals surface area contributed by atoms with Gasteiger partial charge in [0.05, 0.1) is 10.7 Å². The van der Waals surface area contributed by atoms with E-state index in [-0.39, 0.29) is 0 Å². The second-order valence-electron chi connectivity index (χ2n) is 5.44. The Labute approximate surface area is 116 Å². The highest BCUT2D eigenvalue weighted by molar-refractivity contribution is 9.10. The normalized spacial score (nSPS) is 30.8. The van der Waals surface area contributed by atoms with E-state index in [0.717, 1.165) is 39.5 Å². The van der Waals surface area contributed by atoms with E-state index in [9.17, 15) is 0 Å². The summed E-state index contributed by atoms with van der Waals surface area (Å²) >= 11 is 9.63. The Morgan fingerprint density at radius 1 is 1.29 bits per heavy atom. The van der Waals surface area contributed by atoms with Crippen LogP contribution < -0.4 is 5.32 Å². The third-order valence-corrected chi connectivity index (χ3v) is 5.18. The molecule has 0 radical (unpaired) electrons. The molecule has 1 N–H and O–H groups in total. The molecule has 92 valence electrons. The van der Waals surface area contributed by atoms with Crippen molar-refractivity contribution in [1.82, 2.24) is 0 Å². The molecule has 17 heavy (non-hydrogen) atoms. The van der Waals surface area contributed by atoms with E-state index in [1.165, 1.54) is 25.7 Å². The third-order valence-electron chi connectivity index (χ3n) is 4.37. The van der Waals surface area contributed by atoms with Crippen LogP contribution in [0.4, 0.5) is 5.69 Å². The summed E-state index contributed by atoms with van der Waals surface area (Å²) in [7, 11) is 0. The van der Waals surface area contributed by atoms with Gasteiger partial charge in [-0.15, -0.1) is 0 Å². The zero-order chi connectivity index (χ0) is 11.8. The lowest BCUT2D eigenvalue weighted by molar-refractivity contribution is 0.348. The first-order chi connectivity index (χ1) is 8.22. The SMILES string of the molecule is Clc1cc(Br)ccc1NCC1CC2CCC1C2. The van der Waals surface area contributed by atoms with Crippen LogP contribution in [-0.2, 0) is 0 Å². The van der Waals surface area contributed by atoms with E-state index in [2.05, 4.69) is 27.3 Å². The molecule has 1 aromatic carbocycles. The highest BCUT2D eigenvalue weighted by Crippen LogP contribution is 2.48. The Balaban J connectivity index is 1.60. The topological polar surface area (TPSA) is 12.0 Å². The van der Waals surface area contributed by atoms with Gasteiger partial charge in [0.2, 0.25) is 0 Å². The van der Waals surface area contributed by atoms with Gasteiger partial charge in [-0.05, 0) is 55.2 Å². The monoisotopic (exact) mass is 313 g/mol. The third kappa shape index (κ3) is 2.48. The van der Waals surface area contributed by atoms with Crippen LogP contribution in [0.25, 0.3) is 0 Å². The van der Waals surface area contributed by atoms with Gasteiger partial charge < -0.3 is 5.32 Å². The van der Waals surface area contributed by atoms with Gasteiger partial charge in [0.25, 0.3) is 0 Å². The number of fused-ring (bicyclic) bond motifs is 2. The highest BCUT2D eigenvalue weighted by Gasteiger charge is 2.39. The van der Waals surface area contributed by atoms with E-state index in [1.807, 2.05) is 12.1 Å². The minimum absolute atomic E-state index is 0.808. The van der Waals surface area contributed by atoms with Gasteiger partial charge in [0.15, 0.2) is 0 Å². The van der Waals surface area contributed by atoms with E-state index in [1.54, 1.807) is 0 Å².